The Kier molecular flexibility index (Phi) is 8.14. The minimum absolute atomic E-state index is 0.0332. The number of pyridine rings is 1. The van der Waals surface area contributed by atoms with Crippen molar-refractivity contribution in [1.82, 2.24) is 24.8 Å². The number of aromatic nitrogens is 3. The fourth-order valence-corrected chi connectivity index (χ4v) is 7.77. The first kappa shape index (κ1) is 31.1. The normalized spacial score (nSPS) is 22.6. The molecule has 2 bridgehead atoms. The molecule has 1 aliphatic carbocycles. The van der Waals surface area contributed by atoms with Gasteiger partial charge in [-0.15, -0.1) is 0 Å². The molecule has 4 atom stereocenters. The molecule has 2 saturated heterocycles. The summed E-state index contributed by atoms with van der Waals surface area (Å²) in [6.45, 7) is 3.86. The average Bonchev–Trinajstić information content (AvgIpc) is 3.67. The number of likely N-dealkylation sites (tertiary alicyclic amines) is 1. The monoisotopic (exact) mass is 661 g/mol. The van der Waals surface area contributed by atoms with Gasteiger partial charge in [0.1, 0.15) is 29.5 Å². The Bertz CT molecular complexity index is 1970. The first-order valence-corrected chi connectivity index (χ1v) is 15.9. The van der Waals surface area contributed by atoms with Gasteiger partial charge in [-0.3, -0.25) is 14.7 Å². The summed E-state index contributed by atoms with van der Waals surface area (Å²) in [4.78, 5) is 31.6. The fraction of sp³-hybridized carbons (Fsp3) is 0.382. The zero-order valence-electron chi connectivity index (χ0n) is 25.6. The molecule has 1 saturated carbocycles. The number of fused-ring (bicyclic) bond motifs is 4. The highest BCUT2D eigenvalue weighted by atomic mass is 35.5. The summed E-state index contributed by atoms with van der Waals surface area (Å²) in [5.74, 6) is -2.59. The number of amides is 1. The third kappa shape index (κ3) is 5.41. The van der Waals surface area contributed by atoms with Gasteiger partial charge in [-0.1, -0.05) is 42.4 Å². The van der Waals surface area contributed by atoms with Gasteiger partial charge in [0.2, 0.25) is 0 Å². The molecule has 0 spiro atoms. The van der Waals surface area contributed by atoms with E-state index in [0.29, 0.717) is 40.7 Å². The van der Waals surface area contributed by atoms with Crippen molar-refractivity contribution < 1.29 is 22.7 Å². The lowest BCUT2D eigenvalue weighted by molar-refractivity contribution is -0.131. The van der Waals surface area contributed by atoms with E-state index in [9.17, 15) is 18.8 Å². The van der Waals surface area contributed by atoms with Crippen molar-refractivity contribution in [2.75, 3.05) is 38.2 Å². The van der Waals surface area contributed by atoms with Crippen LogP contribution in [0, 0.1) is 28.9 Å². The predicted molar refractivity (Wildman–Crippen MR) is 172 cm³/mol. The molecule has 3 aliphatic rings. The molecule has 2 aromatic heterocycles. The lowest BCUT2D eigenvalue weighted by Crippen LogP contribution is -2.55. The quantitative estimate of drug-likeness (QED) is 0.221. The number of ether oxygens (including phenoxy) is 1. The molecule has 3 fully saturated rings. The number of nitrogens with zero attached hydrogens (tertiary/aromatic N) is 7. The van der Waals surface area contributed by atoms with Crippen molar-refractivity contribution >= 4 is 45.0 Å². The van der Waals surface area contributed by atoms with Crippen molar-refractivity contribution in [2.24, 2.45) is 5.92 Å². The highest BCUT2D eigenvalue weighted by Crippen LogP contribution is 2.42. The van der Waals surface area contributed by atoms with E-state index in [-0.39, 0.29) is 59.7 Å². The minimum Gasteiger partial charge on any atom is -0.462 e. The zero-order valence-corrected chi connectivity index (χ0v) is 26.4. The van der Waals surface area contributed by atoms with Crippen LogP contribution in [-0.2, 0) is 4.79 Å². The summed E-state index contributed by atoms with van der Waals surface area (Å²) in [6, 6.07) is 9.96. The number of likely N-dealkylation sites (N-methyl/N-ethyl adjacent to an activating group) is 1. The van der Waals surface area contributed by atoms with E-state index in [1.165, 1.54) is 17.2 Å². The maximum absolute atomic E-state index is 16.7. The van der Waals surface area contributed by atoms with Gasteiger partial charge in [-0.25, -0.2) is 13.2 Å². The van der Waals surface area contributed by atoms with Crippen LogP contribution in [0.4, 0.5) is 19.0 Å². The number of nitriles is 1. The number of hydrogen-bond donors (Lipinski definition) is 0. The Hall–Kier alpha value is -4.47. The van der Waals surface area contributed by atoms with E-state index in [1.54, 1.807) is 29.2 Å². The summed E-state index contributed by atoms with van der Waals surface area (Å²) in [5, 5.41) is 10.6. The minimum atomic E-state index is -1.11. The fourth-order valence-electron chi connectivity index (χ4n) is 7.50. The summed E-state index contributed by atoms with van der Waals surface area (Å²) < 4.78 is 51.3. The standard InChI is InChI=1S/C34H31ClF3N7O2/c1-18(36)33(46)45-13-12-44(16-22(45)10-11-39)32-24-15-40-30(23-5-3-4-19-7-9-25(37)28(35)27(19)23)29(38)31(24)41-34(42-32)47-17-26-20-6-8-21(14-20)43(26)2/h3-5,7,9,15,20-22,26H,1,6,8,10,12-14,16-17H2,2H3/t20?,21?,22-,26-/m0/s1. The molecule has 7 rings (SSSR count). The smallest absolute Gasteiger partial charge is 0.319 e. The number of halogens is 4. The number of hydrogen-bond acceptors (Lipinski definition) is 8. The maximum Gasteiger partial charge on any atom is 0.319 e. The molecule has 13 heteroatoms. The van der Waals surface area contributed by atoms with Crippen LogP contribution in [0.3, 0.4) is 0 Å². The number of piperidine rings is 1. The van der Waals surface area contributed by atoms with Gasteiger partial charge in [0, 0.05) is 48.9 Å². The van der Waals surface area contributed by atoms with Gasteiger partial charge < -0.3 is 14.5 Å². The summed E-state index contributed by atoms with van der Waals surface area (Å²) in [5.41, 5.74) is 0.164. The molecule has 9 nitrogen and oxygen atoms in total. The molecule has 242 valence electrons. The van der Waals surface area contributed by atoms with Crippen molar-refractivity contribution in [1.29, 1.82) is 5.26 Å². The third-order valence-electron chi connectivity index (χ3n) is 9.91. The average molecular weight is 662 g/mol. The molecule has 2 aromatic carbocycles. The number of carbonyl (C=O) groups excluding carboxylic acids is 1. The molecular weight excluding hydrogens is 631 g/mol. The van der Waals surface area contributed by atoms with Crippen LogP contribution in [0.2, 0.25) is 5.02 Å². The molecule has 47 heavy (non-hydrogen) atoms. The molecule has 2 aliphatic heterocycles. The number of piperazine rings is 1. The molecular formula is C34H31ClF3N7O2. The Morgan fingerprint density at radius 2 is 2.02 bits per heavy atom. The number of rotatable bonds is 7. The molecule has 0 N–H and O–H groups in total. The van der Waals surface area contributed by atoms with Crippen molar-refractivity contribution in [3.63, 3.8) is 0 Å². The summed E-state index contributed by atoms with van der Waals surface area (Å²) >= 11 is 6.38. The van der Waals surface area contributed by atoms with Gasteiger partial charge in [0.15, 0.2) is 11.6 Å². The van der Waals surface area contributed by atoms with Crippen molar-refractivity contribution in [2.45, 2.75) is 43.8 Å². The van der Waals surface area contributed by atoms with E-state index in [0.717, 1.165) is 19.3 Å². The SMILES string of the molecule is C=C(F)C(=O)N1CCN(c2nc(OC[C@H]3C4CCC(C4)N3C)nc3c(F)c(-c4cccc5ccc(F)c(Cl)c45)ncc23)C[C@@H]1CC#N. The van der Waals surface area contributed by atoms with Crippen LogP contribution in [0.1, 0.15) is 25.7 Å². The van der Waals surface area contributed by atoms with Gasteiger partial charge in [0.25, 0.3) is 5.91 Å². The zero-order chi connectivity index (χ0) is 33.0. The second-order valence-electron chi connectivity index (χ2n) is 12.4. The largest absolute Gasteiger partial charge is 0.462 e. The van der Waals surface area contributed by atoms with Crippen LogP contribution in [0.5, 0.6) is 6.01 Å². The van der Waals surface area contributed by atoms with Gasteiger partial charge in [0.05, 0.1) is 28.9 Å². The van der Waals surface area contributed by atoms with Crippen LogP contribution < -0.4 is 9.64 Å². The maximum atomic E-state index is 16.7. The second kappa shape index (κ2) is 12.3. The van der Waals surface area contributed by atoms with Gasteiger partial charge >= 0.3 is 6.01 Å². The lowest BCUT2D eigenvalue weighted by atomic mass is 10.00. The number of carbonyl (C=O) groups is 1. The van der Waals surface area contributed by atoms with E-state index in [1.807, 2.05) is 0 Å². The van der Waals surface area contributed by atoms with Crippen LogP contribution in [0.15, 0.2) is 48.9 Å². The van der Waals surface area contributed by atoms with Crippen LogP contribution >= 0.6 is 11.6 Å². The Labute approximate surface area is 274 Å². The summed E-state index contributed by atoms with van der Waals surface area (Å²) in [6.07, 6.45) is 4.78. The van der Waals surface area contributed by atoms with Gasteiger partial charge in [-0.05, 0) is 43.7 Å². The molecule has 1 amide bonds. The topological polar surface area (TPSA) is 98.5 Å². The van der Waals surface area contributed by atoms with E-state index in [4.69, 9.17) is 21.3 Å². The predicted octanol–water partition coefficient (Wildman–Crippen LogP) is 6.05. The third-order valence-corrected chi connectivity index (χ3v) is 10.3. The molecule has 4 heterocycles. The first-order chi connectivity index (χ1) is 22.7. The molecule has 2 unspecified atom stereocenters. The van der Waals surface area contributed by atoms with E-state index in [2.05, 4.69) is 34.6 Å². The first-order valence-electron chi connectivity index (χ1n) is 15.5. The second-order valence-corrected chi connectivity index (χ2v) is 12.8. The van der Waals surface area contributed by atoms with Crippen LogP contribution in [-0.4, -0.2) is 82.1 Å². The highest BCUT2D eigenvalue weighted by molar-refractivity contribution is 6.36. The molecule has 0 radical (unpaired) electrons. The van der Waals surface area contributed by atoms with Crippen molar-refractivity contribution in [3.05, 3.63) is 65.6 Å². The van der Waals surface area contributed by atoms with E-state index >= 15 is 4.39 Å². The van der Waals surface area contributed by atoms with Crippen LogP contribution in [0.25, 0.3) is 32.9 Å². The number of benzene rings is 2. The van der Waals surface area contributed by atoms with Crippen molar-refractivity contribution in [3.8, 4) is 23.3 Å². The Morgan fingerprint density at radius 1 is 1.19 bits per heavy atom. The molecule has 4 aromatic rings. The number of anilines is 1. The summed E-state index contributed by atoms with van der Waals surface area (Å²) in [7, 11) is 2.09. The Morgan fingerprint density at radius 3 is 2.77 bits per heavy atom. The highest BCUT2D eigenvalue weighted by Gasteiger charge is 2.44. The van der Waals surface area contributed by atoms with Gasteiger partial charge in [-0.2, -0.15) is 15.2 Å². The lowest BCUT2D eigenvalue weighted by Gasteiger charge is -2.41. The van der Waals surface area contributed by atoms with E-state index < -0.39 is 29.4 Å². The Balaban J connectivity index is 1.32.